The summed E-state index contributed by atoms with van der Waals surface area (Å²) in [6.45, 7) is -0.599. The Hall–Kier alpha value is -2.69. The highest BCUT2D eigenvalue weighted by Gasteiger charge is 2.33. The Kier molecular flexibility index (Phi) is 10.7. The molecule has 0 aliphatic heterocycles. The minimum absolute atomic E-state index is 0.0341. The molecule has 0 aromatic carbocycles. The van der Waals surface area contributed by atoms with Crippen molar-refractivity contribution in [2.75, 3.05) is 31.3 Å². The standard InChI is InChI=1S/C21H28F2N6O6S2/c1-34-9-10-36-21-18(28-35-29-21)20(31)27-17(13-5-3-2-4-6-13)19(30)26-16-8-7-14(11-24-16)37(32,33)25-12-15(22)23/h7-8,11,13,15,17,25H,2-6,9-10,12H2,1H3,(H,27,31)(H,24,26,30)/t17-/m0/s1. The molecule has 12 nitrogen and oxygen atoms in total. The predicted octanol–water partition coefficient (Wildman–Crippen LogP) is 2.06. The number of aromatic nitrogens is 3. The van der Waals surface area contributed by atoms with E-state index >= 15 is 0 Å². The van der Waals surface area contributed by atoms with E-state index < -0.39 is 40.8 Å². The third kappa shape index (κ3) is 8.41. The third-order valence-electron chi connectivity index (χ3n) is 5.62. The molecule has 2 heterocycles. The van der Waals surface area contributed by atoms with Gasteiger partial charge in [0, 0.05) is 19.1 Å². The monoisotopic (exact) mass is 562 g/mol. The molecule has 0 unspecified atom stereocenters. The number of anilines is 1. The Morgan fingerprint density at radius 2 is 1.97 bits per heavy atom. The van der Waals surface area contributed by atoms with Gasteiger partial charge in [0.1, 0.15) is 16.8 Å². The van der Waals surface area contributed by atoms with Gasteiger partial charge in [-0.25, -0.2) is 31.5 Å². The summed E-state index contributed by atoms with van der Waals surface area (Å²) in [5, 5.41) is 13.0. The molecule has 1 aliphatic rings. The second kappa shape index (κ2) is 13.7. The lowest BCUT2D eigenvalue weighted by Crippen LogP contribution is -2.49. The number of carbonyl (C=O) groups excluding carboxylic acids is 2. The van der Waals surface area contributed by atoms with Crippen molar-refractivity contribution in [3.8, 4) is 0 Å². The molecular weight excluding hydrogens is 534 g/mol. The molecule has 0 radical (unpaired) electrons. The van der Waals surface area contributed by atoms with Gasteiger partial charge in [0.25, 0.3) is 12.3 Å². The van der Waals surface area contributed by atoms with Crippen molar-refractivity contribution >= 4 is 39.4 Å². The molecule has 2 aromatic heterocycles. The fourth-order valence-electron chi connectivity index (χ4n) is 3.78. The molecule has 1 atom stereocenters. The zero-order valence-corrected chi connectivity index (χ0v) is 21.6. The number of pyridine rings is 1. The van der Waals surface area contributed by atoms with E-state index in [9.17, 15) is 26.8 Å². The molecule has 204 valence electrons. The number of sulfonamides is 1. The van der Waals surface area contributed by atoms with Gasteiger partial charge in [0.2, 0.25) is 21.6 Å². The van der Waals surface area contributed by atoms with Crippen LogP contribution in [0.25, 0.3) is 0 Å². The lowest BCUT2D eigenvalue weighted by molar-refractivity contribution is -0.119. The molecule has 37 heavy (non-hydrogen) atoms. The maximum atomic E-state index is 13.2. The van der Waals surface area contributed by atoms with Crippen LogP contribution in [0.2, 0.25) is 0 Å². The number of hydrogen-bond acceptors (Lipinski definition) is 10. The molecule has 0 bridgehead atoms. The van der Waals surface area contributed by atoms with Crippen molar-refractivity contribution in [2.45, 2.75) is 54.5 Å². The summed E-state index contributed by atoms with van der Waals surface area (Å²) in [6, 6.07) is 1.45. The van der Waals surface area contributed by atoms with Gasteiger partial charge < -0.3 is 15.4 Å². The van der Waals surface area contributed by atoms with Gasteiger partial charge in [-0.3, -0.25) is 9.59 Å². The fraction of sp³-hybridized carbons (Fsp3) is 0.571. The van der Waals surface area contributed by atoms with Crippen molar-refractivity contribution in [1.82, 2.24) is 25.3 Å². The van der Waals surface area contributed by atoms with Crippen LogP contribution in [0.1, 0.15) is 42.6 Å². The summed E-state index contributed by atoms with van der Waals surface area (Å²) in [5.41, 5.74) is -0.0429. The number of ether oxygens (including phenoxy) is 1. The zero-order valence-electron chi connectivity index (χ0n) is 20.0. The first-order valence-electron chi connectivity index (χ1n) is 11.5. The highest BCUT2D eigenvalue weighted by atomic mass is 32.2. The van der Waals surface area contributed by atoms with E-state index in [4.69, 9.17) is 9.37 Å². The van der Waals surface area contributed by atoms with Crippen LogP contribution in [0.4, 0.5) is 14.6 Å². The number of hydrogen-bond donors (Lipinski definition) is 3. The molecule has 1 aliphatic carbocycles. The van der Waals surface area contributed by atoms with Crippen LogP contribution in [0, 0.1) is 5.92 Å². The quantitative estimate of drug-likeness (QED) is 0.243. The van der Waals surface area contributed by atoms with Crippen LogP contribution in [-0.4, -0.2) is 74.0 Å². The first kappa shape index (κ1) is 28.9. The lowest BCUT2D eigenvalue weighted by Gasteiger charge is -2.29. The van der Waals surface area contributed by atoms with E-state index in [0.29, 0.717) is 12.4 Å². The van der Waals surface area contributed by atoms with Gasteiger partial charge in [-0.05, 0) is 41.2 Å². The van der Waals surface area contributed by atoms with Gasteiger partial charge in [0.15, 0.2) is 5.03 Å². The van der Waals surface area contributed by atoms with E-state index in [2.05, 4.69) is 25.9 Å². The second-order valence-electron chi connectivity index (χ2n) is 8.22. The maximum Gasteiger partial charge on any atom is 0.277 e. The normalized spacial score (nSPS) is 15.5. The van der Waals surface area contributed by atoms with Gasteiger partial charge >= 0.3 is 0 Å². The lowest BCUT2D eigenvalue weighted by atomic mass is 9.83. The van der Waals surface area contributed by atoms with Crippen molar-refractivity contribution in [3.63, 3.8) is 0 Å². The summed E-state index contributed by atoms with van der Waals surface area (Å²) in [5.74, 6) is -0.741. The number of amides is 2. The fourth-order valence-corrected chi connectivity index (χ4v) is 5.53. The van der Waals surface area contributed by atoms with E-state index in [-0.39, 0.29) is 27.4 Å². The summed E-state index contributed by atoms with van der Waals surface area (Å²) >= 11 is 1.23. The second-order valence-corrected chi connectivity index (χ2v) is 11.1. The molecular formula is C21H28F2N6O6S2. The Morgan fingerprint density at radius 1 is 1.22 bits per heavy atom. The molecule has 3 rings (SSSR count). The summed E-state index contributed by atoms with van der Waals surface area (Å²) in [7, 11) is -2.63. The van der Waals surface area contributed by atoms with E-state index in [1.807, 2.05) is 0 Å². The van der Waals surface area contributed by atoms with Crippen LogP contribution < -0.4 is 15.4 Å². The number of alkyl halides is 2. The smallest absolute Gasteiger partial charge is 0.277 e. The van der Waals surface area contributed by atoms with Crippen molar-refractivity contribution in [3.05, 3.63) is 24.0 Å². The number of rotatable bonds is 13. The van der Waals surface area contributed by atoms with Crippen LogP contribution in [0.15, 0.2) is 32.9 Å². The summed E-state index contributed by atoms with van der Waals surface area (Å²) in [6.07, 6.45) is 2.40. The number of nitrogens with one attached hydrogen (secondary N) is 3. The zero-order chi connectivity index (χ0) is 26.8. The summed E-state index contributed by atoms with van der Waals surface area (Å²) in [4.78, 5) is 29.8. The third-order valence-corrected chi connectivity index (χ3v) is 7.94. The Labute approximate surface area is 216 Å². The average Bonchev–Trinajstić information content (AvgIpc) is 3.36. The Bertz CT molecular complexity index is 1140. The first-order valence-corrected chi connectivity index (χ1v) is 14.0. The number of carbonyl (C=O) groups is 2. The summed E-state index contributed by atoms with van der Waals surface area (Å²) < 4.78 is 60.4. The van der Waals surface area contributed by atoms with Crippen LogP contribution in [0.5, 0.6) is 0 Å². The van der Waals surface area contributed by atoms with E-state index in [1.54, 1.807) is 11.8 Å². The van der Waals surface area contributed by atoms with Gasteiger partial charge in [-0.2, -0.15) is 0 Å². The van der Waals surface area contributed by atoms with Crippen molar-refractivity contribution in [2.24, 2.45) is 5.92 Å². The van der Waals surface area contributed by atoms with Gasteiger partial charge in [0.05, 0.1) is 13.2 Å². The molecule has 1 fully saturated rings. The van der Waals surface area contributed by atoms with Crippen LogP contribution in [-0.2, 0) is 19.6 Å². The van der Waals surface area contributed by atoms with Gasteiger partial charge in [-0.15, -0.1) is 0 Å². The number of nitrogens with zero attached hydrogens (tertiary/aromatic N) is 3. The number of methoxy groups -OCH3 is 1. The number of halogens is 2. The minimum atomic E-state index is -4.18. The van der Waals surface area contributed by atoms with E-state index in [0.717, 1.165) is 44.4 Å². The van der Waals surface area contributed by atoms with E-state index in [1.165, 1.54) is 17.8 Å². The Morgan fingerprint density at radius 3 is 2.62 bits per heavy atom. The first-order chi connectivity index (χ1) is 17.7. The van der Waals surface area contributed by atoms with Gasteiger partial charge in [-0.1, -0.05) is 31.0 Å². The highest BCUT2D eigenvalue weighted by molar-refractivity contribution is 7.99. The minimum Gasteiger partial charge on any atom is -0.384 e. The molecule has 2 amide bonds. The molecule has 0 spiro atoms. The van der Waals surface area contributed by atoms with Crippen LogP contribution in [0.3, 0.4) is 0 Å². The SMILES string of the molecule is COCCSc1nonc1C(=O)N[C@H](C(=O)Nc1ccc(S(=O)(=O)NCC(F)F)cn1)C1CCCCC1. The van der Waals surface area contributed by atoms with Crippen molar-refractivity contribution < 1.29 is 36.2 Å². The maximum absolute atomic E-state index is 13.2. The highest BCUT2D eigenvalue weighted by Crippen LogP contribution is 2.28. The largest absolute Gasteiger partial charge is 0.384 e. The molecule has 3 N–H and O–H groups in total. The van der Waals surface area contributed by atoms with Crippen LogP contribution >= 0.6 is 11.8 Å². The van der Waals surface area contributed by atoms with Crippen molar-refractivity contribution in [1.29, 1.82) is 0 Å². The topological polar surface area (TPSA) is 165 Å². The molecule has 16 heteroatoms. The Balaban J connectivity index is 1.71. The number of thioether (sulfide) groups is 1. The molecule has 1 saturated carbocycles. The average molecular weight is 563 g/mol. The molecule has 2 aromatic rings. The predicted molar refractivity (Wildman–Crippen MR) is 129 cm³/mol. The molecule has 0 saturated heterocycles.